The quantitative estimate of drug-likeness (QED) is 0.290. The number of nitrogens with zero attached hydrogens (tertiary/aromatic N) is 3. The van der Waals surface area contributed by atoms with Gasteiger partial charge in [0.05, 0.1) is 17.0 Å². The maximum absolute atomic E-state index is 8.93. The Kier molecular flexibility index (Phi) is 8.54. The van der Waals surface area contributed by atoms with Crippen molar-refractivity contribution >= 4 is 5.71 Å². The van der Waals surface area contributed by atoms with E-state index in [1.807, 2.05) is 31.3 Å². The van der Waals surface area contributed by atoms with Gasteiger partial charge < -0.3 is 20.9 Å². The van der Waals surface area contributed by atoms with E-state index in [1.165, 1.54) is 0 Å². The van der Waals surface area contributed by atoms with E-state index in [1.54, 1.807) is 13.2 Å². The van der Waals surface area contributed by atoms with Crippen molar-refractivity contribution in [3.63, 3.8) is 0 Å². The first-order valence-corrected chi connectivity index (χ1v) is 9.60. The smallest absolute Gasteiger partial charge is 0.149 e. The van der Waals surface area contributed by atoms with Crippen LogP contribution < -0.4 is 11.1 Å². The van der Waals surface area contributed by atoms with Gasteiger partial charge in [-0.2, -0.15) is 0 Å². The van der Waals surface area contributed by atoms with E-state index in [9.17, 15) is 0 Å². The molecule has 0 spiro atoms. The van der Waals surface area contributed by atoms with Crippen molar-refractivity contribution in [1.82, 2.24) is 15.5 Å². The molecule has 1 aliphatic rings. The van der Waals surface area contributed by atoms with Gasteiger partial charge in [0, 0.05) is 61.5 Å². The van der Waals surface area contributed by atoms with Gasteiger partial charge in [0.25, 0.3) is 0 Å². The number of unbranched alkanes of at least 4 members (excludes halogenated alkanes) is 1. The largest absolute Gasteiger partial charge is 0.494 e. The van der Waals surface area contributed by atoms with Crippen molar-refractivity contribution in [2.75, 3.05) is 14.1 Å². The van der Waals surface area contributed by atoms with Crippen LogP contribution in [0.15, 0.2) is 52.1 Å². The van der Waals surface area contributed by atoms with Crippen LogP contribution in [0.2, 0.25) is 0 Å². The Hall–Kier alpha value is -2.04. The van der Waals surface area contributed by atoms with Crippen molar-refractivity contribution in [1.29, 1.82) is 5.41 Å². The van der Waals surface area contributed by atoms with Crippen molar-refractivity contribution in [2.24, 2.45) is 5.73 Å². The third kappa shape index (κ3) is 5.12. The summed E-state index contributed by atoms with van der Waals surface area (Å²) in [7, 11) is 3.43. The number of nitrogens with two attached hydrogens (primary N) is 1. The van der Waals surface area contributed by atoms with Gasteiger partial charge in [-0.1, -0.05) is 43.5 Å². The average molecular weight is 618 g/mol. The molecule has 8 heteroatoms. The summed E-state index contributed by atoms with van der Waals surface area (Å²) in [6.45, 7) is 2.10. The van der Waals surface area contributed by atoms with E-state index in [4.69, 9.17) is 15.7 Å². The van der Waals surface area contributed by atoms with Gasteiger partial charge in [-0.15, -0.1) is 0 Å². The Balaban J connectivity index is 0.00000300. The number of likely N-dealkylation sites (N-methyl/N-ethyl adjacent to an activating group) is 1. The number of pyridine rings is 1. The number of nitrogens with one attached hydrogen (secondary N) is 2. The topological polar surface area (TPSA) is 115 Å². The molecule has 0 aromatic carbocycles. The fourth-order valence-corrected chi connectivity index (χ4v) is 3.10. The number of hydrogen-bond acceptors (Lipinski definition) is 6. The van der Waals surface area contributed by atoms with Gasteiger partial charge in [0.1, 0.15) is 11.5 Å². The zero-order chi connectivity index (χ0) is 20.1. The van der Waals surface area contributed by atoms with E-state index in [0.717, 1.165) is 48.4 Å². The molecule has 0 amide bonds. The Morgan fingerprint density at radius 1 is 1.41 bits per heavy atom. The van der Waals surface area contributed by atoms with Gasteiger partial charge >= 0.3 is 0 Å². The molecule has 2 aromatic heterocycles. The summed E-state index contributed by atoms with van der Waals surface area (Å²) in [5.74, 6) is 1.42. The van der Waals surface area contributed by atoms with Gasteiger partial charge in [-0.25, -0.2) is 0 Å². The van der Waals surface area contributed by atoms with E-state index < -0.39 is 0 Å². The van der Waals surface area contributed by atoms with Crippen LogP contribution in [0.4, 0.5) is 0 Å². The molecule has 152 valence electrons. The molecule has 1 fully saturated rings. The third-order valence-corrected chi connectivity index (χ3v) is 4.75. The molecule has 4 N–H and O–H groups in total. The maximum atomic E-state index is 8.93. The van der Waals surface area contributed by atoms with Crippen LogP contribution in [0.3, 0.4) is 0 Å². The molecule has 7 nitrogen and oxygen atoms in total. The second kappa shape index (κ2) is 10.7. The van der Waals surface area contributed by atoms with Crippen LogP contribution >= 0.6 is 0 Å². The molecular weight excluding hydrogens is 590 g/mol. The number of aromatic nitrogens is 2. The minimum atomic E-state index is 0. The third-order valence-electron chi connectivity index (χ3n) is 4.75. The molecule has 1 saturated carbocycles. The summed E-state index contributed by atoms with van der Waals surface area (Å²) in [6.07, 6.45) is 7.75. The summed E-state index contributed by atoms with van der Waals surface area (Å²) >= 11 is 0. The number of allylic oxidation sites excluding steroid dienone is 2. The Morgan fingerprint density at radius 3 is 2.72 bits per heavy atom. The van der Waals surface area contributed by atoms with E-state index in [-0.39, 0.29) is 42.6 Å². The molecule has 0 atom stereocenters. The van der Waals surface area contributed by atoms with Crippen LogP contribution in [-0.2, 0) is 0 Å². The zero-order valence-corrected chi connectivity index (χ0v) is 21.3. The van der Waals surface area contributed by atoms with E-state index in [0.29, 0.717) is 17.2 Å². The summed E-state index contributed by atoms with van der Waals surface area (Å²) in [4.78, 5) is 4.48. The Labute approximate surface area is 195 Å². The van der Waals surface area contributed by atoms with Gasteiger partial charge in [-0.05, 0) is 31.4 Å². The van der Waals surface area contributed by atoms with Crippen LogP contribution in [0.25, 0.3) is 16.6 Å². The molecule has 2 heterocycles. The summed E-state index contributed by atoms with van der Waals surface area (Å²) in [5, 5.41) is 20.5. The summed E-state index contributed by atoms with van der Waals surface area (Å²) < 4.78 is 5.69. The molecule has 0 aliphatic heterocycles. The first-order valence-electron chi connectivity index (χ1n) is 9.60. The maximum Gasteiger partial charge on any atom is 0.149 e. The zero-order valence-electron chi connectivity index (χ0n) is 17.1. The standard InChI is InChI=1S/C21H27N6O.U/c1-4-5-8-14(24-2)16(21(23)25-3)18(22)19-17(15-9-6-7-12-26-15)20(28-27-19)13-10-11-13;/h6-9,12-13,22,24H,4-5,10-11,23H2,1-3H3;/q-1;/b14-8-,21-16+,22-18?;. The molecule has 2 aromatic rings. The van der Waals surface area contributed by atoms with E-state index in [2.05, 4.69) is 27.7 Å². The van der Waals surface area contributed by atoms with Gasteiger partial charge in [-0.3, -0.25) is 10.4 Å². The second-order valence-corrected chi connectivity index (χ2v) is 6.78. The normalized spacial score (nSPS) is 14.7. The number of rotatable bonds is 9. The average Bonchev–Trinajstić information content (AvgIpc) is 3.48. The first kappa shape index (κ1) is 23.2. The molecule has 0 unspecified atom stereocenters. The van der Waals surface area contributed by atoms with Gasteiger partial charge in [0.2, 0.25) is 0 Å². The van der Waals surface area contributed by atoms with Crippen molar-refractivity contribution < 1.29 is 35.6 Å². The van der Waals surface area contributed by atoms with Crippen molar-refractivity contribution in [2.45, 2.75) is 38.5 Å². The van der Waals surface area contributed by atoms with Gasteiger partial charge in [0.15, 0.2) is 0 Å². The fourth-order valence-electron chi connectivity index (χ4n) is 3.10. The number of hydrogen-bond donors (Lipinski definition) is 3. The Morgan fingerprint density at radius 2 is 2.17 bits per heavy atom. The predicted molar refractivity (Wildman–Crippen MR) is 111 cm³/mol. The predicted octanol–water partition coefficient (Wildman–Crippen LogP) is 4.06. The Bertz CT molecular complexity index is 899. The van der Waals surface area contributed by atoms with Crippen molar-refractivity contribution in [3.05, 3.63) is 64.3 Å². The minimum absolute atomic E-state index is 0. The van der Waals surface area contributed by atoms with Crippen LogP contribution in [0.1, 0.15) is 50.0 Å². The van der Waals surface area contributed by atoms with Crippen LogP contribution in [-0.4, -0.2) is 29.9 Å². The summed E-state index contributed by atoms with van der Waals surface area (Å²) in [6, 6.07) is 5.70. The molecule has 0 radical (unpaired) electrons. The monoisotopic (exact) mass is 617 g/mol. The van der Waals surface area contributed by atoms with E-state index >= 15 is 0 Å². The molecule has 1 aliphatic carbocycles. The minimum Gasteiger partial charge on any atom is -0.494 e. The molecule has 0 bridgehead atoms. The molecule has 0 saturated heterocycles. The van der Waals surface area contributed by atoms with Crippen molar-refractivity contribution in [3.8, 4) is 11.3 Å². The SMILES string of the molecule is CCC/C=C(NC)/C(C(=N)c1noc(C2CC2)c1-c1ccccn1)=C(/N)[N-]C.[U]. The van der Waals surface area contributed by atoms with Crippen LogP contribution in [0.5, 0.6) is 0 Å². The van der Waals surface area contributed by atoms with Crippen LogP contribution in [0, 0.1) is 36.5 Å². The molecule has 3 rings (SSSR count). The molecular formula is C21H27N6OU-. The first-order chi connectivity index (χ1) is 13.6. The fraction of sp³-hybridized carbons (Fsp3) is 0.381. The second-order valence-electron chi connectivity index (χ2n) is 6.78. The summed E-state index contributed by atoms with van der Waals surface area (Å²) in [5.41, 5.74) is 9.62. The molecule has 29 heavy (non-hydrogen) atoms.